The summed E-state index contributed by atoms with van der Waals surface area (Å²) in [6.07, 6.45) is 16.8. The molecule has 3 unspecified atom stereocenters. The number of aromatic amines is 1. The molecule has 1 fully saturated rings. The zero-order valence-corrected chi connectivity index (χ0v) is 25.8. The zero-order valence-electron chi connectivity index (χ0n) is 24.3. The second kappa shape index (κ2) is 12.6. The van der Waals surface area contributed by atoms with Crippen molar-refractivity contribution in [2.45, 2.75) is 56.8 Å². The standard InChI is InChI=1S/C34H35Cl2N7O/c35-26-13-11-21(16-27(26)36)20-43-32(14-12-22-18-38-28-8-3-1-6-24(22)28)41-42-33(43)31(40-34(44)30-10-5-15-37-30)17-23-19-39-29-9-4-2-7-25(23)29/h1-4,6-9,11,13,16,18-19,24,28,30-31,37-39H,5,10,12,14-15,17,20H2,(H,40,44)/t24?,28?,30?,31-/m1/s1. The number of halogens is 2. The van der Waals surface area contributed by atoms with E-state index in [1.165, 1.54) is 5.57 Å². The number of fused-ring (bicyclic) bond motifs is 2. The normalized spacial score (nSPS) is 21.3. The molecule has 4 heterocycles. The van der Waals surface area contributed by atoms with Crippen molar-refractivity contribution in [3.8, 4) is 0 Å². The van der Waals surface area contributed by atoms with Crippen LogP contribution >= 0.6 is 23.2 Å². The molecule has 0 bridgehead atoms. The summed E-state index contributed by atoms with van der Waals surface area (Å²) in [5.74, 6) is 1.92. The lowest BCUT2D eigenvalue weighted by atomic mass is 9.89. The average molecular weight is 629 g/mol. The molecule has 10 heteroatoms. The summed E-state index contributed by atoms with van der Waals surface area (Å²) in [6.45, 7) is 1.35. The highest BCUT2D eigenvalue weighted by molar-refractivity contribution is 6.42. The molecule has 4 N–H and O–H groups in total. The molecule has 226 valence electrons. The first kappa shape index (κ1) is 28.9. The summed E-state index contributed by atoms with van der Waals surface area (Å²) >= 11 is 12.7. The van der Waals surface area contributed by atoms with Crippen molar-refractivity contribution in [3.63, 3.8) is 0 Å². The van der Waals surface area contributed by atoms with Crippen molar-refractivity contribution in [2.75, 3.05) is 6.54 Å². The van der Waals surface area contributed by atoms with Crippen molar-refractivity contribution in [3.05, 3.63) is 118 Å². The minimum absolute atomic E-state index is 0.0108. The van der Waals surface area contributed by atoms with Gasteiger partial charge in [0.1, 0.15) is 5.82 Å². The topological polar surface area (TPSA) is 99.7 Å². The summed E-state index contributed by atoms with van der Waals surface area (Å²) in [5.41, 5.74) is 4.50. The van der Waals surface area contributed by atoms with Crippen LogP contribution in [0.1, 0.15) is 48.1 Å². The number of hydrogen-bond acceptors (Lipinski definition) is 5. The van der Waals surface area contributed by atoms with Gasteiger partial charge in [0.25, 0.3) is 0 Å². The van der Waals surface area contributed by atoms with E-state index in [1.807, 2.05) is 36.5 Å². The number of carbonyl (C=O) groups excluding carboxylic acids is 1. The number of rotatable bonds is 10. The van der Waals surface area contributed by atoms with Gasteiger partial charge >= 0.3 is 0 Å². The van der Waals surface area contributed by atoms with E-state index in [2.05, 4.69) is 68.1 Å². The minimum Gasteiger partial charge on any atom is -0.384 e. The van der Waals surface area contributed by atoms with Gasteiger partial charge in [-0.25, -0.2) is 0 Å². The van der Waals surface area contributed by atoms with Gasteiger partial charge in [-0.2, -0.15) is 0 Å². The van der Waals surface area contributed by atoms with Crippen LogP contribution in [0.2, 0.25) is 10.0 Å². The Morgan fingerprint density at radius 1 is 1.07 bits per heavy atom. The molecule has 4 aromatic rings. The van der Waals surface area contributed by atoms with Gasteiger partial charge in [-0.05, 0) is 66.9 Å². The van der Waals surface area contributed by atoms with Crippen LogP contribution in [0, 0.1) is 5.92 Å². The molecule has 44 heavy (non-hydrogen) atoms. The molecular weight excluding hydrogens is 593 g/mol. The molecule has 1 aliphatic carbocycles. The van der Waals surface area contributed by atoms with Crippen LogP contribution in [0.4, 0.5) is 0 Å². The first-order valence-corrected chi connectivity index (χ1v) is 16.0. The predicted octanol–water partition coefficient (Wildman–Crippen LogP) is 5.80. The lowest BCUT2D eigenvalue weighted by molar-refractivity contribution is -0.123. The highest BCUT2D eigenvalue weighted by Crippen LogP contribution is 2.31. The second-order valence-electron chi connectivity index (χ2n) is 11.8. The van der Waals surface area contributed by atoms with E-state index >= 15 is 0 Å². The summed E-state index contributed by atoms with van der Waals surface area (Å²) < 4.78 is 2.15. The number of H-pyrrole nitrogens is 1. The zero-order chi connectivity index (χ0) is 30.0. The molecule has 1 amide bonds. The number of benzene rings is 2. The number of nitrogens with zero attached hydrogens (tertiary/aromatic N) is 3. The molecule has 2 aliphatic heterocycles. The van der Waals surface area contributed by atoms with Crippen molar-refractivity contribution in [1.82, 2.24) is 35.7 Å². The van der Waals surface area contributed by atoms with Crippen LogP contribution in [-0.4, -0.2) is 44.3 Å². The third-order valence-corrected chi connectivity index (χ3v) is 9.69. The molecule has 2 aromatic carbocycles. The third-order valence-electron chi connectivity index (χ3n) is 8.95. The van der Waals surface area contributed by atoms with Crippen LogP contribution in [0.25, 0.3) is 10.9 Å². The fraction of sp³-hybridized carbons (Fsp3) is 0.324. The number of para-hydroxylation sites is 1. The van der Waals surface area contributed by atoms with Gasteiger partial charge in [0.15, 0.2) is 5.82 Å². The van der Waals surface area contributed by atoms with Crippen LogP contribution in [0.5, 0.6) is 0 Å². The van der Waals surface area contributed by atoms with Crippen LogP contribution in [-0.2, 0) is 24.2 Å². The monoisotopic (exact) mass is 627 g/mol. The van der Waals surface area contributed by atoms with Gasteiger partial charge in [-0.15, -0.1) is 10.2 Å². The van der Waals surface area contributed by atoms with Gasteiger partial charge in [0.2, 0.25) is 5.91 Å². The number of allylic oxidation sites excluding steroid dienone is 2. The Bertz CT molecular complexity index is 1760. The minimum atomic E-state index is -0.392. The van der Waals surface area contributed by atoms with E-state index < -0.39 is 6.04 Å². The molecule has 0 saturated carbocycles. The maximum Gasteiger partial charge on any atom is 0.237 e. The first-order chi connectivity index (χ1) is 21.5. The molecule has 1 saturated heterocycles. The summed E-state index contributed by atoms with van der Waals surface area (Å²) in [7, 11) is 0. The Labute approximate surface area is 266 Å². The predicted molar refractivity (Wildman–Crippen MR) is 175 cm³/mol. The summed E-state index contributed by atoms with van der Waals surface area (Å²) in [6, 6.07) is 13.6. The number of nitrogens with one attached hydrogen (secondary N) is 4. The lowest BCUT2D eigenvalue weighted by Gasteiger charge is -2.22. The number of carbonyl (C=O) groups is 1. The van der Waals surface area contributed by atoms with Gasteiger partial charge in [-0.3, -0.25) is 4.79 Å². The van der Waals surface area contributed by atoms with Crippen LogP contribution in [0.3, 0.4) is 0 Å². The van der Waals surface area contributed by atoms with Crippen LogP contribution < -0.4 is 16.0 Å². The highest BCUT2D eigenvalue weighted by Gasteiger charge is 2.30. The number of hydrogen-bond donors (Lipinski definition) is 4. The molecule has 2 aromatic heterocycles. The smallest absolute Gasteiger partial charge is 0.237 e. The van der Waals surface area contributed by atoms with Crippen molar-refractivity contribution >= 4 is 40.0 Å². The van der Waals surface area contributed by atoms with Crippen LogP contribution in [0.15, 0.2) is 84.7 Å². The van der Waals surface area contributed by atoms with E-state index in [0.29, 0.717) is 41.4 Å². The molecule has 7 rings (SSSR count). The maximum absolute atomic E-state index is 13.5. The molecule has 8 nitrogen and oxygen atoms in total. The van der Waals surface area contributed by atoms with E-state index in [1.54, 1.807) is 0 Å². The number of aromatic nitrogens is 4. The molecule has 3 aliphatic rings. The Hall–Kier alpha value is -3.85. The number of aryl methyl sites for hydroxylation is 1. The van der Waals surface area contributed by atoms with Crippen molar-refractivity contribution in [1.29, 1.82) is 0 Å². The van der Waals surface area contributed by atoms with E-state index in [4.69, 9.17) is 33.4 Å². The summed E-state index contributed by atoms with van der Waals surface area (Å²) in [5, 5.41) is 21.8. The third kappa shape index (κ3) is 5.94. The molecular formula is C34H35Cl2N7O. The molecule has 4 atom stereocenters. The Morgan fingerprint density at radius 2 is 1.95 bits per heavy atom. The SMILES string of the molecule is O=C(N[C@H](Cc1c[nH]c2ccccc12)c1nnc(CCC2=CNC3C=CC=CC23)n1Cc1ccc(Cl)c(Cl)c1)C1CCCN1. The van der Waals surface area contributed by atoms with Gasteiger partial charge in [0.05, 0.1) is 34.7 Å². The summed E-state index contributed by atoms with van der Waals surface area (Å²) in [4.78, 5) is 16.9. The molecule has 0 radical (unpaired) electrons. The second-order valence-corrected chi connectivity index (χ2v) is 12.6. The Morgan fingerprint density at radius 3 is 2.82 bits per heavy atom. The van der Waals surface area contributed by atoms with Crippen molar-refractivity contribution < 1.29 is 4.79 Å². The largest absolute Gasteiger partial charge is 0.384 e. The maximum atomic E-state index is 13.5. The fourth-order valence-electron chi connectivity index (χ4n) is 6.61. The van der Waals surface area contributed by atoms with Crippen molar-refractivity contribution in [2.24, 2.45) is 5.92 Å². The van der Waals surface area contributed by atoms with Gasteiger partial charge in [-0.1, -0.05) is 71.8 Å². The van der Waals surface area contributed by atoms with Gasteiger partial charge in [0, 0.05) is 35.9 Å². The van der Waals surface area contributed by atoms with E-state index in [0.717, 1.165) is 59.5 Å². The fourth-order valence-corrected chi connectivity index (χ4v) is 6.93. The van der Waals surface area contributed by atoms with E-state index in [9.17, 15) is 4.79 Å². The first-order valence-electron chi connectivity index (χ1n) is 15.3. The Balaban J connectivity index is 1.23. The quantitative estimate of drug-likeness (QED) is 0.178. The van der Waals surface area contributed by atoms with E-state index in [-0.39, 0.29) is 11.9 Å². The number of amides is 1. The Kier molecular flexibility index (Phi) is 8.30. The highest BCUT2D eigenvalue weighted by atomic mass is 35.5. The average Bonchev–Trinajstić information content (AvgIpc) is 3.85. The molecule has 0 spiro atoms. The van der Waals surface area contributed by atoms with Gasteiger partial charge < -0.3 is 25.5 Å². The lowest BCUT2D eigenvalue weighted by Crippen LogP contribution is -2.43.